The van der Waals surface area contributed by atoms with Crippen LogP contribution in [0.1, 0.15) is 11.9 Å². The fourth-order valence-electron chi connectivity index (χ4n) is 3.79. The minimum atomic E-state index is -1.58. The first-order chi connectivity index (χ1) is 16.2. The van der Waals surface area contributed by atoms with Gasteiger partial charge >= 0.3 is 5.69 Å². The molecule has 2 aromatic rings. The van der Waals surface area contributed by atoms with Crippen molar-refractivity contribution in [1.29, 1.82) is 0 Å². The van der Waals surface area contributed by atoms with Crippen molar-refractivity contribution in [2.75, 3.05) is 6.61 Å². The van der Waals surface area contributed by atoms with Gasteiger partial charge in [-0.05, 0) is 0 Å². The van der Waals surface area contributed by atoms with Crippen LogP contribution in [0.5, 0.6) is 0 Å². The highest BCUT2D eigenvalue weighted by Crippen LogP contribution is 2.29. The SMILES string of the molecule is O=c1ccn([C@@H]2O[C@H](Cn3cc(CO[C@@H]4O[C@H](CO)[C@H](O)[C@H](O)[C@H]4O)nn3)[C@@H](O)[C@H]2O)c(=O)[nH]1. The summed E-state index contributed by atoms with van der Waals surface area (Å²) in [7, 11) is 0. The van der Waals surface area contributed by atoms with E-state index in [0.717, 1.165) is 16.8 Å². The van der Waals surface area contributed by atoms with Crippen LogP contribution in [0.2, 0.25) is 0 Å². The molecule has 16 heteroatoms. The van der Waals surface area contributed by atoms with Crippen LogP contribution in [-0.2, 0) is 27.4 Å². The lowest BCUT2D eigenvalue weighted by molar-refractivity contribution is -0.304. The summed E-state index contributed by atoms with van der Waals surface area (Å²) in [6.07, 6.45) is -9.56. The highest BCUT2D eigenvalue weighted by Gasteiger charge is 2.45. The molecule has 4 rings (SSSR count). The van der Waals surface area contributed by atoms with E-state index < -0.39 is 73.1 Å². The Bertz CT molecular complexity index is 1090. The summed E-state index contributed by atoms with van der Waals surface area (Å²) in [5.41, 5.74) is -1.15. The smallest absolute Gasteiger partial charge is 0.330 e. The quantitative estimate of drug-likeness (QED) is 0.194. The zero-order valence-corrected chi connectivity index (χ0v) is 17.6. The maximum Gasteiger partial charge on any atom is 0.330 e. The summed E-state index contributed by atoms with van der Waals surface area (Å²) in [5, 5.41) is 67.2. The summed E-state index contributed by atoms with van der Waals surface area (Å²) in [6.45, 7) is -0.864. The number of hydrogen-bond donors (Lipinski definition) is 7. The molecular weight excluding hydrogens is 462 g/mol. The summed E-state index contributed by atoms with van der Waals surface area (Å²) in [6, 6.07) is 1.08. The van der Waals surface area contributed by atoms with Crippen molar-refractivity contribution >= 4 is 0 Å². The van der Waals surface area contributed by atoms with E-state index in [0.29, 0.717) is 0 Å². The molecule has 0 unspecified atom stereocenters. The minimum Gasteiger partial charge on any atom is -0.394 e. The molecule has 0 bridgehead atoms. The van der Waals surface area contributed by atoms with Crippen LogP contribution in [-0.4, -0.2) is 111 Å². The topological polar surface area (TPSA) is 235 Å². The van der Waals surface area contributed by atoms with Gasteiger partial charge in [0.05, 0.1) is 26.0 Å². The van der Waals surface area contributed by atoms with Crippen molar-refractivity contribution in [1.82, 2.24) is 24.5 Å². The molecule has 0 aromatic carbocycles. The molecule has 4 heterocycles. The van der Waals surface area contributed by atoms with E-state index in [-0.39, 0.29) is 18.8 Å². The van der Waals surface area contributed by atoms with Crippen LogP contribution in [0, 0.1) is 0 Å². The Kier molecular flexibility index (Phi) is 7.22. The molecule has 2 aliphatic heterocycles. The van der Waals surface area contributed by atoms with Crippen molar-refractivity contribution in [3.05, 3.63) is 45.0 Å². The number of hydrogen-bond acceptors (Lipinski definition) is 13. The van der Waals surface area contributed by atoms with Gasteiger partial charge in [0.15, 0.2) is 12.5 Å². The van der Waals surface area contributed by atoms with E-state index in [9.17, 15) is 40.2 Å². The predicted molar refractivity (Wildman–Crippen MR) is 106 cm³/mol. The van der Waals surface area contributed by atoms with Crippen molar-refractivity contribution in [3.63, 3.8) is 0 Å². The number of ether oxygens (including phenoxy) is 3. The van der Waals surface area contributed by atoms with Crippen LogP contribution < -0.4 is 11.2 Å². The van der Waals surface area contributed by atoms with Gasteiger partial charge in [-0.15, -0.1) is 5.10 Å². The van der Waals surface area contributed by atoms with Gasteiger partial charge in [-0.3, -0.25) is 14.3 Å². The van der Waals surface area contributed by atoms with Crippen LogP contribution in [0.15, 0.2) is 28.0 Å². The summed E-state index contributed by atoms with van der Waals surface area (Å²) >= 11 is 0. The summed E-state index contributed by atoms with van der Waals surface area (Å²) < 4.78 is 18.5. The lowest BCUT2D eigenvalue weighted by Crippen LogP contribution is -2.59. The van der Waals surface area contributed by atoms with E-state index in [2.05, 4.69) is 10.3 Å². The van der Waals surface area contributed by atoms with Gasteiger partial charge in [0.2, 0.25) is 0 Å². The molecule has 2 fully saturated rings. The first-order valence-electron chi connectivity index (χ1n) is 10.3. The van der Waals surface area contributed by atoms with E-state index >= 15 is 0 Å². The second-order valence-electron chi connectivity index (χ2n) is 8.00. The average molecular weight is 487 g/mol. The van der Waals surface area contributed by atoms with Crippen molar-refractivity contribution in [2.24, 2.45) is 0 Å². The minimum absolute atomic E-state index is 0.0557. The van der Waals surface area contributed by atoms with Gasteiger partial charge < -0.3 is 44.8 Å². The van der Waals surface area contributed by atoms with Gasteiger partial charge in [0, 0.05) is 12.3 Å². The summed E-state index contributed by atoms with van der Waals surface area (Å²) in [5.74, 6) is 0. The zero-order valence-electron chi connectivity index (χ0n) is 17.6. The van der Waals surface area contributed by atoms with Gasteiger partial charge in [-0.25, -0.2) is 9.48 Å². The highest BCUT2D eigenvalue weighted by atomic mass is 16.7. The van der Waals surface area contributed by atoms with Crippen molar-refractivity contribution in [2.45, 2.75) is 68.4 Å². The van der Waals surface area contributed by atoms with E-state index in [1.807, 2.05) is 4.98 Å². The zero-order chi connectivity index (χ0) is 24.6. The molecule has 7 N–H and O–H groups in total. The standard InChI is InChI=1S/C18H25N5O11/c24-5-9-12(27)13(28)15(30)17(34-9)32-6-7-3-22(21-20-7)4-8-11(26)14(29)16(33-8)23-2-1-10(25)19-18(23)31/h1-3,8-9,11-17,24,26-30H,4-6H2,(H,19,25,31)/t8-,9-,11-,12+,13+,14-,15-,16-,17-/m1/s1. The third kappa shape index (κ3) is 4.81. The molecule has 0 saturated carbocycles. The van der Waals surface area contributed by atoms with Gasteiger partial charge in [0.1, 0.15) is 48.4 Å². The normalized spacial score (nSPS) is 36.1. The Morgan fingerprint density at radius 3 is 2.44 bits per heavy atom. The molecular formula is C18H25N5O11. The monoisotopic (exact) mass is 487 g/mol. The second-order valence-corrected chi connectivity index (χ2v) is 8.00. The Balaban J connectivity index is 1.36. The number of H-pyrrole nitrogens is 1. The molecule has 188 valence electrons. The lowest BCUT2D eigenvalue weighted by Gasteiger charge is -2.39. The number of nitrogens with one attached hydrogen (secondary N) is 1. The van der Waals surface area contributed by atoms with E-state index in [1.54, 1.807) is 0 Å². The number of nitrogens with zero attached hydrogens (tertiary/aromatic N) is 4. The van der Waals surface area contributed by atoms with Gasteiger partial charge in [-0.2, -0.15) is 0 Å². The predicted octanol–water partition coefficient (Wildman–Crippen LogP) is -5.24. The molecule has 2 aromatic heterocycles. The fraction of sp³-hybridized carbons (Fsp3) is 0.667. The van der Waals surface area contributed by atoms with Crippen LogP contribution in [0.25, 0.3) is 0 Å². The highest BCUT2D eigenvalue weighted by molar-refractivity contribution is 4.96. The molecule has 0 spiro atoms. The number of aromatic nitrogens is 5. The Morgan fingerprint density at radius 1 is 1.00 bits per heavy atom. The first kappa shape index (κ1) is 24.6. The Labute approximate surface area is 190 Å². The number of aliphatic hydroxyl groups is 6. The largest absolute Gasteiger partial charge is 0.394 e. The van der Waals surface area contributed by atoms with Gasteiger partial charge in [0.25, 0.3) is 5.56 Å². The molecule has 2 saturated heterocycles. The van der Waals surface area contributed by atoms with Crippen LogP contribution in [0.3, 0.4) is 0 Å². The van der Waals surface area contributed by atoms with E-state index in [1.165, 1.54) is 10.9 Å². The third-order valence-electron chi connectivity index (χ3n) is 5.66. The molecule has 0 radical (unpaired) electrons. The van der Waals surface area contributed by atoms with Crippen molar-refractivity contribution in [3.8, 4) is 0 Å². The molecule has 0 aliphatic carbocycles. The number of aliphatic hydroxyl groups excluding tert-OH is 6. The third-order valence-corrected chi connectivity index (χ3v) is 5.66. The van der Waals surface area contributed by atoms with Gasteiger partial charge in [-0.1, -0.05) is 5.21 Å². The number of aromatic amines is 1. The van der Waals surface area contributed by atoms with E-state index in [4.69, 9.17) is 14.2 Å². The molecule has 2 aliphatic rings. The average Bonchev–Trinajstić information content (AvgIpc) is 3.37. The molecule has 34 heavy (non-hydrogen) atoms. The summed E-state index contributed by atoms with van der Waals surface area (Å²) in [4.78, 5) is 25.3. The molecule has 0 amide bonds. The fourth-order valence-corrected chi connectivity index (χ4v) is 3.79. The maximum atomic E-state index is 12.0. The maximum absolute atomic E-state index is 12.0. The second kappa shape index (κ2) is 9.98. The molecule has 9 atom stereocenters. The lowest BCUT2D eigenvalue weighted by atomic mass is 9.99. The molecule has 16 nitrogen and oxygen atoms in total. The Hall–Kier alpha value is -2.54. The Morgan fingerprint density at radius 2 is 1.74 bits per heavy atom. The number of rotatable bonds is 7. The first-order valence-corrected chi connectivity index (χ1v) is 10.3. The van der Waals surface area contributed by atoms with Crippen LogP contribution >= 0.6 is 0 Å². The van der Waals surface area contributed by atoms with Crippen LogP contribution in [0.4, 0.5) is 0 Å². The van der Waals surface area contributed by atoms with Crippen molar-refractivity contribution < 1.29 is 44.8 Å².